The van der Waals surface area contributed by atoms with Crippen molar-refractivity contribution in [1.82, 2.24) is 5.32 Å². The van der Waals surface area contributed by atoms with Crippen LogP contribution >= 0.6 is 0 Å². The molecule has 1 unspecified atom stereocenters. The summed E-state index contributed by atoms with van der Waals surface area (Å²) >= 11 is 0. The molecular formula is C14H18F2N2O2. The molecule has 1 fully saturated rings. The molecule has 0 aromatic heterocycles. The van der Waals surface area contributed by atoms with Crippen molar-refractivity contribution in [2.75, 3.05) is 0 Å². The van der Waals surface area contributed by atoms with E-state index in [0.29, 0.717) is 18.4 Å². The topological polar surface area (TPSA) is 64.4 Å². The van der Waals surface area contributed by atoms with Gasteiger partial charge in [0, 0.05) is 5.56 Å². The SMILES string of the molecule is CC(NC(=O)C1(N)CCC1)c1ccccc1OC(F)F. The fourth-order valence-electron chi connectivity index (χ4n) is 2.24. The quantitative estimate of drug-likeness (QED) is 0.872. The predicted molar refractivity (Wildman–Crippen MR) is 70.4 cm³/mol. The highest BCUT2D eigenvalue weighted by molar-refractivity contribution is 5.87. The molecule has 4 nitrogen and oxygen atoms in total. The van der Waals surface area contributed by atoms with Crippen LogP contribution in [0.25, 0.3) is 0 Å². The van der Waals surface area contributed by atoms with Gasteiger partial charge in [-0.1, -0.05) is 18.2 Å². The van der Waals surface area contributed by atoms with Gasteiger partial charge in [-0.3, -0.25) is 4.79 Å². The van der Waals surface area contributed by atoms with Gasteiger partial charge in [0.15, 0.2) is 0 Å². The number of hydrogen-bond acceptors (Lipinski definition) is 3. The highest BCUT2D eigenvalue weighted by Gasteiger charge is 2.40. The highest BCUT2D eigenvalue weighted by Crippen LogP contribution is 2.31. The third kappa shape index (κ3) is 3.07. The van der Waals surface area contributed by atoms with Crippen molar-refractivity contribution in [3.8, 4) is 5.75 Å². The van der Waals surface area contributed by atoms with Crippen molar-refractivity contribution in [2.24, 2.45) is 5.73 Å². The summed E-state index contributed by atoms with van der Waals surface area (Å²) in [6.07, 6.45) is 2.24. The van der Waals surface area contributed by atoms with E-state index in [1.807, 2.05) is 0 Å². The van der Waals surface area contributed by atoms with Crippen LogP contribution < -0.4 is 15.8 Å². The van der Waals surface area contributed by atoms with Gasteiger partial charge in [0.25, 0.3) is 0 Å². The largest absolute Gasteiger partial charge is 0.434 e. The zero-order chi connectivity index (χ0) is 14.8. The molecule has 110 valence electrons. The second kappa shape index (κ2) is 5.75. The minimum atomic E-state index is -2.90. The molecule has 1 saturated carbocycles. The average molecular weight is 284 g/mol. The molecule has 0 aliphatic heterocycles. The monoisotopic (exact) mass is 284 g/mol. The molecule has 3 N–H and O–H groups in total. The number of para-hydroxylation sites is 1. The van der Waals surface area contributed by atoms with Crippen LogP contribution in [-0.4, -0.2) is 18.1 Å². The molecule has 1 atom stereocenters. The Hall–Kier alpha value is -1.69. The molecule has 0 spiro atoms. The van der Waals surface area contributed by atoms with Crippen LogP contribution in [0, 0.1) is 0 Å². The van der Waals surface area contributed by atoms with E-state index in [0.717, 1.165) is 6.42 Å². The molecule has 20 heavy (non-hydrogen) atoms. The second-order valence-electron chi connectivity index (χ2n) is 5.12. The first-order valence-corrected chi connectivity index (χ1v) is 6.56. The summed E-state index contributed by atoms with van der Waals surface area (Å²) in [6, 6.07) is 5.96. The van der Waals surface area contributed by atoms with Crippen LogP contribution in [0.4, 0.5) is 8.78 Å². The summed E-state index contributed by atoms with van der Waals surface area (Å²) in [7, 11) is 0. The van der Waals surface area contributed by atoms with Crippen molar-refractivity contribution in [3.63, 3.8) is 0 Å². The average Bonchev–Trinajstić information content (AvgIpc) is 2.35. The normalized spacial score (nSPS) is 18.2. The molecule has 2 rings (SSSR count). The van der Waals surface area contributed by atoms with E-state index in [9.17, 15) is 13.6 Å². The third-order valence-electron chi connectivity index (χ3n) is 3.65. The number of carbonyl (C=O) groups is 1. The Labute approximate surface area is 116 Å². The van der Waals surface area contributed by atoms with E-state index >= 15 is 0 Å². The number of nitrogens with two attached hydrogens (primary N) is 1. The zero-order valence-corrected chi connectivity index (χ0v) is 11.2. The number of hydrogen-bond donors (Lipinski definition) is 2. The smallest absolute Gasteiger partial charge is 0.387 e. The second-order valence-corrected chi connectivity index (χ2v) is 5.12. The molecule has 0 saturated heterocycles. The Morgan fingerprint density at radius 1 is 1.40 bits per heavy atom. The van der Waals surface area contributed by atoms with Crippen LogP contribution in [0.5, 0.6) is 5.75 Å². The first kappa shape index (κ1) is 14.7. The van der Waals surface area contributed by atoms with Crippen LogP contribution in [0.2, 0.25) is 0 Å². The van der Waals surface area contributed by atoms with E-state index in [1.165, 1.54) is 6.07 Å². The maximum Gasteiger partial charge on any atom is 0.387 e. The Kier molecular flexibility index (Phi) is 4.23. The van der Waals surface area contributed by atoms with Crippen molar-refractivity contribution >= 4 is 5.91 Å². The number of benzene rings is 1. The fraction of sp³-hybridized carbons (Fsp3) is 0.500. The zero-order valence-electron chi connectivity index (χ0n) is 11.2. The van der Waals surface area contributed by atoms with Gasteiger partial charge in [0.2, 0.25) is 5.91 Å². The van der Waals surface area contributed by atoms with E-state index in [-0.39, 0.29) is 11.7 Å². The summed E-state index contributed by atoms with van der Waals surface area (Å²) in [5.41, 5.74) is 5.62. The van der Waals surface area contributed by atoms with Crippen molar-refractivity contribution in [3.05, 3.63) is 29.8 Å². The lowest BCUT2D eigenvalue weighted by atomic mass is 9.77. The molecule has 0 heterocycles. The highest BCUT2D eigenvalue weighted by atomic mass is 19.3. The first-order valence-electron chi connectivity index (χ1n) is 6.56. The fourth-order valence-corrected chi connectivity index (χ4v) is 2.24. The minimum absolute atomic E-state index is 0.0648. The van der Waals surface area contributed by atoms with E-state index in [2.05, 4.69) is 10.1 Å². The lowest BCUT2D eigenvalue weighted by Crippen LogP contribution is -2.58. The number of amides is 1. The van der Waals surface area contributed by atoms with Crippen LogP contribution in [0.15, 0.2) is 24.3 Å². The van der Waals surface area contributed by atoms with Gasteiger partial charge in [0.1, 0.15) is 5.75 Å². The number of rotatable bonds is 5. The number of alkyl halides is 2. The van der Waals surface area contributed by atoms with Gasteiger partial charge < -0.3 is 15.8 Å². The Morgan fingerprint density at radius 3 is 2.60 bits per heavy atom. The van der Waals surface area contributed by atoms with Crippen molar-refractivity contribution in [1.29, 1.82) is 0 Å². The summed E-state index contributed by atoms with van der Waals surface area (Å²) in [4.78, 5) is 12.0. The van der Waals surface area contributed by atoms with E-state index in [4.69, 9.17) is 5.73 Å². The molecule has 1 aromatic carbocycles. The Bertz CT molecular complexity index is 490. The van der Waals surface area contributed by atoms with Gasteiger partial charge in [-0.2, -0.15) is 8.78 Å². The maximum absolute atomic E-state index is 12.3. The summed E-state index contributed by atoms with van der Waals surface area (Å²) in [6.45, 7) is -1.18. The Balaban J connectivity index is 2.08. The lowest BCUT2D eigenvalue weighted by molar-refractivity contribution is -0.129. The van der Waals surface area contributed by atoms with Crippen molar-refractivity contribution in [2.45, 2.75) is 44.4 Å². The molecule has 1 aliphatic rings. The predicted octanol–water partition coefficient (Wildman–Crippen LogP) is 2.35. The van der Waals surface area contributed by atoms with Crippen LogP contribution in [0.3, 0.4) is 0 Å². The van der Waals surface area contributed by atoms with Gasteiger partial charge in [-0.15, -0.1) is 0 Å². The molecule has 1 amide bonds. The summed E-state index contributed by atoms with van der Waals surface area (Å²) < 4.78 is 29.2. The number of carbonyl (C=O) groups excluding carboxylic acids is 1. The molecule has 6 heteroatoms. The molecule has 1 aliphatic carbocycles. The summed E-state index contributed by atoms with van der Waals surface area (Å²) in [5, 5.41) is 2.76. The van der Waals surface area contributed by atoms with Crippen LogP contribution in [0.1, 0.15) is 37.8 Å². The van der Waals surface area contributed by atoms with Gasteiger partial charge in [-0.25, -0.2) is 0 Å². The van der Waals surface area contributed by atoms with E-state index in [1.54, 1.807) is 25.1 Å². The minimum Gasteiger partial charge on any atom is -0.434 e. The van der Waals surface area contributed by atoms with Crippen LogP contribution in [-0.2, 0) is 4.79 Å². The third-order valence-corrected chi connectivity index (χ3v) is 3.65. The number of ether oxygens (including phenoxy) is 1. The maximum atomic E-state index is 12.3. The van der Waals surface area contributed by atoms with E-state index < -0.39 is 18.2 Å². The van der Waals surface area contributed by atoms with Gasteiger partial charge in [0.05, 0.1) is 11.6 Å². The standard InChI is InChI=1S/C14H18F2N2O2/c1-9(18-12(19)14(17)7-4-8-14)10-5-2-3-6-11(10)20-13(15)16/h2-3,5-6,9,13H,4,7-8,17H2,1H3,(H,18,19). The first-order chi connectivity index (χ1) is 9.42. The molecule has 1 aromatic rings. The Morgan fingerprint density at radius 2 is 2.05 bits per heavy atom. The van der Waals surface area contributed by atoms with Crippen molar-refractivity contribution < 1.29 is 18.3 Å². The molecule has 0 bridgehead atoms. The number of nitrogens with one attached hydrogen (secondary N) is 1. The molecule has 0 radical (unpaired) electrons. The number of halogens is 2. The molecular weight excluding hydrogens is 266 g/mol. The summed E-state index contributed by atoms with van der Waals surface area (Å²) in [5.74, 6) is -0.182. The van der Waals surface area contributed by atoms with Gasteiger partial charge >= 0.3 is 6.61 Å². The lowest BCUT2D eigenvalue weighted by Gasteiger charge is -2.37. The van der Waals surface area contributed by atoms with Gasteiger partial charge in [-0.05, 0) is 32.3 Å².